The average molecular weight is 260 g/mol. The Hall–Kier alpha value is -1.19. The first-order chi connectivity index (χ1) is 8.44. The molecule has 1 aromatic heterocycles. The van der Waals surface area contributed by atoms with E-state index in [0.29, 0.717) is 0 Å². The van der Waals surface area contributed by atoms with E-state index in [1.165, 1.54) is 16.0 Å². The predicted octanol–water partition coefficient (Wildman–Crippen LogP) is 4.01. The van der Waals surface area contributed by atoms with E-state index < -0.39 is 0 Å². The number of thiazole rings is 1. The van der Waals surface area contributed by atoms with E-state index in [1.807, 2.05) is 6.20 Å². The van der Waals surface area contributed by atoms with Gasteiger partial charge >= 0.3 is 0 Å². The molecule has 0 saturated carbocycles. The van der Waals surface area contributed by atoms with Gasteiger partial charge in [0.1, 0.15) is 5.01 Å². The Morgan fingerprint density at radius 3 is 2.72 bits per heavy atom. The molecule has 0 amide bonds. The summed E-state index contributed by atoms with van der Waals surface area (Å²) in [7, 11) is 0. The molecule has 2 aromatic rings. The average Bonchev–Trinajstić information content (AvgIpc) is 2.74. The minimum absolute atomic E-state index is 0.146. The van der Waals surface area contributed by atoms with Gasteiger partial charge in [-0.1, -0.05) is 23.8 Å². The van der Waals surface area contributed by atoms with Crippen molar-refractivity contribution in [3.8, 4) is 10.6 Å². The molecule has 0 aliphatic heterocycles. The zero-order chi connectivity index (χ0) is 13.2. The molecule has 2 nitrogen and oxygen atoms in total. The number of nitrogens with one attached hydrogen (secondary N) is 1. The predicted molar refractivity (Wildman–Crippen MR) is 78.9 cm³/mol. The minimum Gasteiger partial charge on any atom is -0.307 e. The molecule has 1 heterocycles. The van der Waals surface area contributed by atoms with E-state index in [4.69, 9.17) is 0 Å². The van der Waals surface area contributed by atoms with Crippen LogP contribution in [0.3, 0.4) is 0 Å². The highest BCUT2D eigenvalue weighted by Gasteiger charge is 2.10. The second kappa shape index (κ2) is 5.21. The maximum absolute atomic E-state index is 4.51. The fourth-order valence-electron chi connectivity index (χ4n) is 1.65. The lowest BCUT2D eigenvalue weighted by Gasteiger charge is -2.19. The lowest BCUT2D eigenvalue weighted by molar-refractivity contribution is 0.426. The monoisotopic (exact) mass is 260 g/mol. The van der Waals surface area contributed by atoms with Gasteiger partial charge in [-0.15, -0.1) is 11.3 Å². The molecule has 0 aliphatic carbocycles. The van der Waals surface area contributed by atoms with Gasteiger partial charge in [-0.25, -0.2) is 4.98 Å². The highest BCUT2D eigenvalue weighted by Crippen LogP contribution is 2.25. The third-order valence-electron chi connectivity index (χ3n) is 2.61. The molecule has 0 bridgehead atoms. The molecular weight excluding hydrogens is 240 g/mol. The molecule has 0 atom stereocenters. The van der Waals surface area contributed by atoms with Gasteiger partial charge in [0, 0.05) is 28.7 Å². The molecule has 0 spiro atoms. The van der Waals surface area contributed by atoms with Crippen molar-refractivity contribution in [3.05, 3.63) is 40.9 Å². The first-order valence-corrected chi connectivity index (χ1v) is 7.02. The summed E-state index contributed by atoms with van der Waals surface area (Å²) in [6, 6.07) is 8.49. The summed E-state index contributed by atoms with van der Waals surface area (Å²) in [4.78, 5) is 5.79. The van der Waals surface area contributed by atoms with Crippen LogP contribution >= 0.6 is 11.3 Å². The molecule has 18 heavy (non-hydrogen) atoms. The number of hydrogen-bond donors (Lipinski definition) is 1. The van der Waals surface area contributed by atoms with Gasteiger partial charge in [0.2, 0.25) is 0 Å². The summed E-state index contributed by atoms with van der Waals surface area (Å²) in [6.45, 7) is 9.52. The number of aromatic nitrogens is 1. The van der Waals surface area contributed by atoms with Gasteiger partial charge in [0.05, 0.1) is 0 Å². The van der Waals surface area contributed by atoms with Crippen LogP contribution in [0.1, 0.15) is 31.2 Å². The van der Waals surface area contributed by atoms with Gasteiger partial charge in [-0.3, -0.25) is 0 Å². The van der Waals surface area contributed by atoms with E-state index in [9.17, 15) is 0 Å². The molecule has 0 fully saturated rings. The first kappa shape index (κ1) is 13.2. The van der Waals surface area contributed by atoms with Crippen molar-refractivity contribution < 1.29 is 0 Å². The third-order valence-corrected chi connectivity index (χ3v) is 3.66. The number of aryl methyl sites for hydroxylation is 1. The second-order valence-corrected chi connectivity index (χ2v) is 6.72. The summed E-state index contributed by atoms with van der Waals surface area (Å²) in [5, 5.41) is 4.59. The molecule has 96 valence electrons. The summed E-state index contributed by atoms with van der Waals surface area (Å²) in [5.74, 6) is 0. The smallest absolute Gasteiger partial charge is 0.123 e. The van der Waals surface area contributed by atoms with Crippen molar-refractivity contribution in [2.75, 3.05) is 0 Å². The molecule has 1 N–H and O–H groups in total. The van der Waals surface area contributed by atoms with Crippen LogP contribution in [0.5, 0.6) is 0 Å². The lowest BCUT2D eigenvalue weighted by atomic mass is 10.1. The Balaban J connectivity index is 2.11. The fourth-order valence-corrected chi connectivity index (χ4v) is 2.50. The van der Waals surface area contributed by atoms with Crippen molar-refractivity contribution in [1.29, 1.82) is 0 Å². The van der Waals surface area contributed by atoms with Crippen molar-refractivity contribution in [2.24, 2.45) is 0 Å². The Kier molecular flexibility index (Phi) is 3.83. The quantitative estimate of drug-likeness (QED) is 0.902. The lowest BCUT2D eigenvalue weighted by Crippen LogP contribution is -2.34. The standard InChI is InChI=1S/C15H20N2S/c1-11-6-5-7-12(8-11)14-16-9-13(18-14)10-17-15(2,3)4/h5-9,17H,10H2,1-4H3. The van der Waals surface area contributed by atoms with Crippen LogP contribution in [0.4, 0.5) is 0 Å². The van der Waals surface area contributed by atoms with Crippen LogP contribution in [0, 0.1) is 6.92 Å². The number of rotatable bonds is 3. The van der Waals surface area contributed by atoms with Crippen LogP contribution in [-0.4, -0.2) is 10.5 Å². The van der Waals surface area contributed by atoms with Crippen LogP contribution in [0.2, 0.25) is 0 Å². The topological polar surface area (TPSA) is 24.9 Å². The molecule has 2 rings (SSSR count). The largest absolute Gasteiger partial charge is 0.307 e. The molecule has 0 aliphatic rings. The van der Waals surface area contributed by atoms with Gasteiger partial charge in [0.25, 0.3) is 0 Å². The Morgan fingerprint density at radius 1 is 1.28 bits per heavy atom. The van der Waals surface area contributed by atoms with Crippen molar-refractivity contribution >= 4 is 11.3 Å². The van der Waals surface area contributed by atoms with Gasteiger partial charge in [-0.2, -0.15) is 0 Å². The van der Waals surface area contributed by atoms with Crippen LogP contribution < -0.4 is 5.32 Å². The summed E-state index contributed by atoms with van der Waals surface area (Å²) < 4.78 is 0. The molecule has 1 aromatic carbocycles. The van der Waals surface area contributed by atoms with Crippen LogP contribution in [0.25, 0.3) is 10.6 Å². The van der Waals surface area contributed by atoms with Gasteiger partial charge < -0.3 is 5.32 Å². The Bertz CT molecular complexity index is 523. The summed E-state index contributed by atoms with van der Waals surface area (Å²) in [6.07, 6.45) is 1.97. The zero-order valence-electron chi connectivity index (χ0n) is 11.4. The Labute approximate surface area is 113 Å². The van der Waals surface area contributed by atoms with E-state index in [0.717, 1.165) is 11.6 Å². The zero-order valence-corrected chi connectivity index (χ0v) is 12.3. The third kappa shape index (κ3) is 3.65. The van der Waals surface area contributed by atoms with Crippen molar-refractivity contribution in [3.63, 3.8) is 0 Å². The first-order valence-electron chi connectivity index (χ1n) is 6.21. The SMILES string of the molecule is Cc1cccc(-c2ncc(CNC(C)(C)C)s2)c1. The molecule has 3 heteroatoms. The maximum atomic E-state index is 4.51. The van der Waals surface area contributed by atoms with Gasteiger partial charge in [0.15, 0.2) is 0 Å². The molecular formula is C15H20N2S. The fraction of sp³-hybridized carbons (Fsp3) is 0.400. The van der Waals surface area contributed by atoms with E-state index in [1.54, 1.807) is 11.3 Å². The van der Waals surface area contributed by atoms with E-state index in [-0.39, 0.29) is 5.54 Å². The minimum atomic E-state index is 0.146. The van der Waals surface area contributed by atoms with E-state index in [2.05, 4.69) is 62.3 Å². The van der Waals surface area contributed by atoms with Crippen LogP contribution in [0.15, 0.2) is 30.5 Å². The van der Waals surface area contributed by atoms with Gasteiger partial charge in [-0.05, 0) is 33.8 Å². The van der Waals surface area contributed by atoms with E-state index >= 15 is 0 Å². The van der Waals surface area contributed by atoms with Crippen molar-refractivity contribution in [2.45, 2.75) is 39.8 Å². The van der Waals surface area contributed by atoms with Crippen molar-refractivity contribution in [1.82, 2.24) is 10.3 Å². The highest BCUT2D eigenvalue weighted by molar-refractivity contribution is 7.15. The molecule has 0 saturated heterocycles. The number of benzene rings is 1. The summed E-state index contributed by atoms with van der Waals surface area (Å²) in [5.41, 5.74) is 2.63. The number of nitrogens with zero attached hydrogens (tertiary/aromatic N) is 1. The second-order valence-electron chi connectivity index (χ2n) is 5.60. The molecule has 0 unspecified atom stereocenters. The Morgan fingerprint density at radius 2 is 2.06 bits per heavy atom. The summed E-state index contributed by atoms with van der Waals surface area (Å²) >= 11 is 1.76. The highest BCUT2D eigenvalue weighted by atomic mass is 32.1. The van der Waals surface area contributed by atoms with Crippen LogP contribution in [-0.2, 0) is 6.54 Å². The molecule has 0 radical (unpaired) electrons. The number of hydrogen-bond acceptors (Lipinski definition) is 3. The maximum Gasteiger partial charge on any atom is 0.123 e. The normalized spacial score (nSPS) is 11.8.